The number of aliphatic carboxylic acids is 1. The summed E-state index contributed by atoms with van der Waals surface area (Å²) >= 11 is 0. The van der Waals surface area contributed by atoms with Crippen LogP contribution in [0, 0.1) is 18.2 Å². The number of hydrogen-bond donors (Lipinski definition) is 2. The maximum Gasteiger partial charge on any atom is 0.310 e. The molecule has 4 nitrogen and oxygen atoms in total. The normalized spacial score (nSPS) is 17.2. The summed E-state index contributed by atoms with van der Waals surface area (Å²) in [5, 5.41) is 11.9. The summed E-state index contributed by atoms with van der Waals surface area (Å²) in [6.45, 7) is 1.80. The number of amides is 1. The molecule has 0 heterocycles. The second-order valence-corrected chi connectivity index (χ2v) is 5.85. The van der Waals surface area contributed by atoms with Crippen LogP contribution in [0.2, 0.25) is 0 Å². The van der Waals surface area contributed by atoms with E-state index in [2.05, 4.69) is 5.32 Å². The van der Waals surface area contributed by atoms with Crippen molar-refractivity contribution >= 4 is 17.6 Å². The number of nitrogens with one attached hydrogen (secondary N) is 1. The fourth-order valence-electron chi connectivity index (χ4n) is 2.93. The molecule has 0 unspecified atom stereocenters. The van der Waals surface area contributed by atoms with Gasteiger partial charge in [-0.3, -0.25) is 9.59 Å². The van der Waals surface area contributed by atoms with Crippen LogP contribution in [0.3, 0.4) is 0 Å². The van der Waals surface area contributed by atoms with E-state index in [1.54, 1.807) is 19.1 Å². The number of carboxylic acids is 1. The largest absolute Gasteiger partial charge is 0.481 e. The number of benzene rings is 1. The molecule has 1 aromatic rings. The predicted octanol–water partition coefficient (Wildman–Crippen LogP) is 3.50. The Labute approximate surface area is 123 Å². The molecule has 1 amide bonds. The van der Waals surface area contributed by atoms with Crippen molar-refractivity contribution in [3.05, 3.63) is 29.6 Å². The fourth-order valence-corrected chi connectivity index (χ4v) is 2.93. The molecule has 2 rings (SSSR count). The lowest BCUT2D eigenvalue weighted by Gasteiger charge is -2.32. The Hall–Kier alpha value is -1.91. The van der Waals surface area contributed by atoms with Gasteiger partial charge in [-0.05, 0) is 37.5 Å². The molecule has 0 bridgehead atoms. The fraction of sp³-hybridized carbons (Fsp3) is 0.500. The van der Waals surface area contributed by atoms with Crippen molar-refractivity contribution in [1.82, 2.24) is 0 Å². The van der Waals surface area contributed by atoms with Gasteiger partial charge in [0.25, 0.3) is 0 Å². The standard InChI is InChI=1S/C16H20FNO3/c1-11-5-6-12(17)13(9-11)18-14(19)10-16(15(20)21)7-3-2-4-8-16/h5-6,9H,2-4,7-8,10H2,1H3,(H,18,19)(H,20,21). The molecule has 21 heavy (non-hydrogen) atoms. The Morgan fingerprint density at radius 3 is 2.57 bits per heavy atom. The third-order valence-corrected chi connectivity index (χ3v) is 4.16. The summed E-state index contributed by atoms with van der Waals surface area (Å²) in [6, 6.07) is 4.45. The van der Waals surface area contributed by atoms with Gasteiger partial charge in [-0.1, -0.05) is 25.3 Å². The molecule has 0 radical (unpaired) electrons. The third kappa shape index (κ3) is 3.60. The molecule has 5 heteroatoms. The second-order valence-electron chi connectivity index (χ2n) is 5.85. The number of carbonyl (C=O) groups is 2. The van der Waals surface area contributed by atoms with Crippen molar-refractivity contribution in [3.8, 4) is 0 Å². The molecule has 1 aliphatic carbocycles. The Balaban J connectivity index is 2.09. The minimum atomic E-state index is -0.997. The maximum absolute atomic E-state index is 13.6. The smallest absolute Gasteiger partial charge is 0.310 e. The van der Waals surface area contributed by atoms with E-state index in [4.69, 9.17) is 0 Å². The molecule has 1 saturated carbocycles. The van der Waals surface area contributed by atoms with E-state index in [9.17, 15) is 19.1 Å². The summed E-state index contributed by atoms with van der Waals surface area (Å²) < 4.78 is 13.6. The number of aryl methyl sites for hydroxylation is 1. The highest BCUT2D eigenvalue weighted by molar-refractivity contribution is 5.94. The van der Waals surface area contributed by atoms with E-state index in [1.165, 1.54) is 6.07 Å². The molecule has 1 fully saturated rings. The molecule has 1 aromatic carbocycles. The van der Waals surface area contributed by atoms with Crippen LogP contribution in [0.4, 0.5) is 10.1 Å². The highest BCUT2D eigenvalue weighted by Crippen LogP contribution is 2.39. The summed E-state index contributed by atoms with van der Waals surface area (Å²) in [6.07, 6.45) is 3.55. The topological polar surface area (TPSA) is 66.4 Å². The first kappa shape index (κ1) is 15.5. The minimum Gasteiger partial charge on any atom is -0.481 e. The molecule has 2 N–H and O–H groups in total. The van der Waals surface area contributed by atoms with Crippen molar-refractivity contribution in [2.45, 2.75) is 45.4 Å². The maximum atomic E-state index is 13.6. The summed E-state index contributed by atoms with van der Waals surface area (Å²) in [5.41, 5.74) is -0.0588. The molecular formula is C16H20FNO3. The first-order valence-electron chi connectivity index (χ1n) is 7.22. The second kappa shape index (κ2) is 6.24. The number of hydrogen-bond acceptors (Lipinski definition) is 2. The zero-order chi connectivity index (χ0) is 15.5. The van der Waals surface area contributed by atoms with E-state index in [0.717, 1.165) is 24.8 Å². The van der Waals surface area contributed by atoms with Gasteiger partial charge in [0.2, 0.25) is 5.91 Å². The van der Waals surface area contributed by atoms with Crippen molar-refractivity contribution in [2.24, 2.45) is 5.41 Å². The van der Waals surface area contributed by atoms with E-state index < -0.39 is 23.1 Å². The molecule has 1 aliphatic rings. The molecule has 0 aliphatic heterocycles. The monoisotopic (exact) mass is 293 g/mol. The Bertz CT molecular complexity index is 550. The number of carbonyl (C=O) groups excluding carboxylic acids is 1. The third-order valence-electron chi connectivity index (χ3n) is 4.16. The van der Waals surface area contributed by atoms with Gasteiger partial charge in [0.15, 0.2) is 0 Å². The average molecular weight is 293 g/mol. The predicted molar refractivity (Wildman–Crippen MR) is 77.5 cm³/mol. The Kier molecular flexibility index (Phi) is 4.60. The van der Waals surface area contributed by atoms with E-state index in [0.29, 0.717) is 12.8 Å². The Morgan fingerprint density at radius 1 is 1.29 bits per heavy atom. The molecule has 0 spiro atoms. The zero-order valence-electron chi connectivity index (χ0n) is 12.1. The van der Waals surface area contributed by atoms with Crippen LogP contribution in [0.5, 0.6) is 0 Å². The zero-order valence-corrected chi connectivity index (χ0v) is 12.1. The van der Waals surface area contributed by atoms with E-state index in [1.807, 2.05) is 0 Å². The van der Waals surface area contributed by atoms with Gasteiger partial charge in [-0.2, -0.15) is 0 Å². The molecule has 0 aromatic heterocycles. The lowest BCUT2D eigenvalue weighted by molar-refractivity contribution is -0.153. The van der Waals surface area contributed by atoms with Crippen molar-refractivity contribution in [1.29, 1.82) is 0 Å². The lowest BCUT2D eigenvalue weighted by Crippen LogP contribution is -2.37. The van der Waals surface area contributed by atoms with Crippen LogP contribution in [0.25, 0.3) is 0 Å². The van der Waals surface area contributed by atoms with Crippen molar-refractivity contribution < 1.29 is 19.1 Å². The summed E-state index contributed by atoms with van der Waals surface area (Å²) in [5.74, 6) is -1.88. The summed E-state index contributed by atoms with van der Waals surface area (Å²) in [4.78, 5) is 23.6. The average Bonchev–Trinajstić information content (AvgIpc) is 2.43. The van der Waals surface area contributed by atoms with E-state index in [-0.39, 0.29) is 12.1 Å². The van der Waals surface area contributed by atoms with Crippen LogP contribution in [0.1, 0.15) is 44.1 Å². The van der Waals surface area contributed by atoms with Crippen molar-refractivity contribution in [2.75, 3.05) is 5.32 Å². The number of anilines is 1. The SMILES string of the molecule is Cc1ccc(F)c(NC(=O)CC2(C(=O)O)CCCCC2)c1. The molecular weight excluding hydrogens is 273 g/mol. The first-order valence-corrected chi connectivity index (χ1v) is 7.22. The van der Waals surface area contributed by atoms with E-state index >= 15 is 0 Å². The number of carboxylic acid groups (broad SMARTS) is 1. The van der Waals surface area contributed by atoms with Crippen LogP contribution >= 0.6 is 0 Å². The Morgan fingerprint density at radius 2 is 1.95 bits per heavy atom. The van der Waals surface area contributed by atoms with Crippen LogP contribution in [-0.2, 0) is 9.59 Å². The van der Waals surface area contributed by atoms with Crippen LogP contribution in [-0.4, -0.2) is 17.0 Å². The highest BCUT2D eigenvalue weighted by atomic mass is 19.1. The number of rotatable bonds is 4. The van der Waals surface area contributed by atoms with Crippen molar-refractivity contribution in [3.63, 3.8) is 0 Å². The quantitative estimate of drug-likeness (QED) is 0.893. The first-order chi connectivity index (χ1) is 9.93. The molecule has 0 atom stereocenters. The van der Waals surface area contributed by atoms with Crippen LogP contribution in [0.15, 0.2) is 18.2 Å². The van der Waals surface area contributed by atoms with Gasteiger partial charge in [0.1, 0.15) is 5.82 Å². The molecule has 114 valence electrons. The molecule has 0 saturated heterocycles. The lowest BCUT2D eigenvalue weighted by atomic mass is 9.71. The van der Waals surface area contributed by atoms with Gasteiger partial charge in [-0.25, -0.2) is 4.39 Å². The highest BCUT2D eigenvalue weighted by Gasteiger charge is 2.41. The van der Waals surface area contributed by atoms with Gasteiger partial charge in [-0.15, -0.1) is 0 Å². The van der Waals surface area contributed by atoms with Gasteiger partial charge >= 0.3 is 5.97 Å². The van der Waals surface area contributed by atoms with Gasteiger partial charge < -0.3 is 10.4 Å². The van der Waals surface area contributed by atoms with Gasteiger partial charge in [0, 0.05) is 6.42 Å². The minimum absolute atomic E-state index is 0.101. The number of halogens is 1. The summed E-state index contributed by atoms with van der Waals surface area (Å²) in [7, 11) is 0. The van der Waals surface area contributed by atoms with Gasteiger partial charge in [0.05, 0.1) is 11.1 Å². The van der Waals surface area contributed by atoms with Crippen LogP contribution < -0.4 is 5.32 Å².